The third kappa shape index (κ3) is 4.99. The third-order valence-electron chi connectivity index (χ3n) is 6.95. The first kappa shape index (κ1) is 24.4. The highest BCUT2D eigenvalue weighted by Crippen LogP contribution is 2.34. The lowest BCUT2D eigenvalue weighted by molar-refractivity contribution is -0.121. The van der Waals surface area contributed by atoms with E-state index in [2.05, 4.69) is 0 Å². The summed E-state index contributed by atoms with van der Waals surface area (Å²) in [6.45, 7) is 2.32. The maximum absolute atomic E-state index is 13.5. The van der Waals surface area contributed by atoms with E-state index in [0.717, 1.165) is 29.7 Å². The highest BCUT2D eigenvalue weighted by Gasteiger charge is 2.39. The van der Waals surface area contributed by atoms with Gasteiger partial charge in [-0.1, -0.05) is 48.0 Å². The van der Waals surface area contributed by atoms with E-state index in [1.165, 1.54) is 16.4 Å². The maximum Gasteiger partial charge on any atom is 0.258 e. The minimum absolute atomic E-state index is 0.0905. The molecule has 2 aliphatic rings. The van der Waals surface area contributed by atoms with E-state index in [4.69, 9.17) is 0 Å². The van der Waals surface area contributed by atoms with Crippen molar-refractivity contribution >= 4 is 27.4 Å². The molecule has 7 heteroatoms. The molecule has 1 aliphatic carbocycles. The Kier molecular flexibility index (Phi) is 6.77. The van der Waals surface area contributed by atoms with Crippen molar-refractivity contribution in [1.82, 2.24) is 4.31 Å². The van der Waals surface area contributed by atoms with Crippen molar-refractivity contribution in [2.24, 2.45) is 0 Å². The molecule has 0 bridgehead atoms. The molecule has 0 aromatic heterocycles. The largest absolute Gasteiger partial charge is 0.305 e. The Balaban J connectivity index is 1.34. The van der Waals surface area contributed by atoms with Crippen LogP contribution in [0.5, 0.6) is 0 Å². The van der Waals surface area contributed by atoms with Gasteiger partial charge in [-0.25, -0.2) is 8.42 Å². The third-order valence-corrected chi connectivity index (χ3v) is 8.87. The van der Waals surface area contributed by atoms with Gasteiger partial charge in [0, 0.05) is 30.3 Å². The molecule has 2 fully saturated rings. The van der Waals surface area contributed by atoms with Gasteiger partial charge in [0.2, 0.25) is 10.0 Å². The van der Waals surface area contributed by atoms with Crippen LogP contribution in [0.15, 0.2) is 83.8 Å². The number of benzene rings is 3. The number of nitrogens with zero attached hydrogens (tertiary/aromatic N) is 2. The molecule has 1 aliphatic heterocycles. The van der Waals surface area contributed by atoms with Crippen LogP contribution in [0, 0.1) is 6.92 Å². The number of anilines is 1. The molecule has 186 valence electrons. The van der Waals surface area contributed by atoms with Crippen molar-refractivity contribution < 1.29 is 18.0 Å². The summed E-state index contributed by atoms with van der Waals surface area (Å²) in [6, 6.07) is 22.9. The molecule has 3 aromatic rings. The second kappa shape index (κ2) is 9.99. The van der Waals surface area contributed by atoms with Gasteiger partial charge in [0.15, 0.2) is 5.78 Å². The SMILES string of the molecule is Cc1ccc(N(C(=O)c2ccc(S(=O)(=O)N3CCC[C@H]3C(=O)Cc3ccccc3)cc2)C2CC2)cc1. The zero-order valence-corrected chi connectivity index (χ0v) is 21.2. The number of aryl methyl sites for hydroxylation is 1. The molecular formula is C29H30N2O4S. The first-order chi connectivity index (χ1) is 17.3. The van der Waals surface area contributed by atoms with E-state index in [1.807, 2.05) is 66.4 Å². The van der Waals surface area contributed by atoms with Crippen LogP contribution < -0.4 is 4.90 Å². The number of hydrogen-bond donors (Lipinski definition) is 0. The molecule has 1 atom stereocenters. The highest BCUT2D eigenvalue weighted by molar-refractivity contribution is 7.89. The van der Waals surface area contributed by atoms with E-state index in [-0.39, 0.29) is 29.0 Å². The van der Waals surface area contributed by atoms with Crippen LogP contribution in [0.4, 0.5) is 5.69 Å². The lowest BCUT2D eigenvalue weighted by Crippen LogP contribution is -2.41. The van der Waals surface area contributed by atoms with Crippen LogP contribution in [0.3, 0.4) is 0 Å². The quantitative estimate of drug-likeness (QED) is 0.445. The van der Waals surface area contributed by atoms with Crippen molar-refractivity contribution in [1.29, 1.82) is 0 Å². The minimum atomic E-state index is -3.86. The Morgan fingerprint density at radius 1 is 0.889 bits per heavy atom. The van der Waals surface area contributed by atoms with Crippen LogP contribution in [0.1, 0.15) is 47.2 Å². The number of sulfonamides is 1. The Morgan fingerprint density at radius 3 is 2.19 bits per heavy atom. The van der Waals surface area contributed by atoms with E-state index >= 15 is 0 Å². The van der Waals surface area contributed by atoms with Gasteiger partial charge in [-0.05, 0) is 74.6 Å². The Bertz CT molecular complexity index is 1350. The summed E-state index contributed by atoms with van der Waals surface area (Å²) in [5, 5.41) is 0. The van der Waals surface area contributed by atoms with Crippen molar-refractivity contribution in [3.8, 4) is 0 Å². The fourth-order valence-corrected chi connectivity index (χ4v) is 6.52. The smallest absolute Gasteiger partial charge is 0.258 e. The lowest BCUT2D eigenvalue weighted by atomic mass is 10.0. The molecule has 1 heterocycles. The zero-order valence-electron chi connectivity index (χ0n) is 20.3. The Labute approximate surface area is 212 Å². The van der Waals surface area contributed by atoms with Crippen molar-refractivity contribution in [3.63, 3.8) is 0 Å². The zero-order chi connectivity index (χ0) is 25.3. The number of Topliss-reactive ketones (excluding diaryl/α,β-unsaturated/α-hetero) is 1. The second-order valence-corrected chi connectivity index (χ2v) is 11.6. The summed E-state index contributed by atoms with van der Waals surface area (Å²) in [5.41, 5.74) is 3.29. The van der Waals surface area contributed by atoms with E-state index in [9.17, 15) is 18.0 Å². The first-order valence-electron chi connectivity index (χ1n) is 12.4. The maximum atomic E-state index is 13.5. The second-order valence-electron chi connectivity index (χ2n) is 9.67. The fraction of sp³-hybridized carbons (Fsp3) is 0.310. The lowest BCUT2D eigenvalue weighted by Gasteiger charge is -2.24. The molecule has 1 saturated carbocycles. The predicted octanol–water partition coefficient (Wildman–Crippen LogP) is 4.77. The average molecular weight is 503 g/mol. The van der Waals surface area contributed by atoms with Gasteiger partial charge in [0.1, 0.15) is 0 Å². The molecule has 1 amide bonds. The van der Waals surface area contributed by atoms with Crippen molar-refractivity contribution in [2.75, 3.05) is 11.4 Å². The van der Waals surface area contributed by atoms with Gasteiger partial charge in [-0.2, -0.15) is 4.31 Å². The summed E-state index contributed by atoms with van der Waals surface area (Å²) >= 11 is 0. The monoisotopic (exact) mass is 502 g/mol. The van der Waals surface area contributed by atoms with Gasteiger partial charge in [-0.3, -0.25) is 9.59 Å². The van der Waals surface area contributed by atoms with Crippen LogP contribution in [-0.2, 0) is 21.2 Å². The summed E-state index contributed by atoms with van der Waals surface area (Å²) in [4.78, 5) is 28.3. The number of amides is 1. The van der Waals surface area contributed by atoms with Gasteiger partial charge in [-0.15, -0.1) is 0 Å². The van der Waals surface area contributed by atoms with Gasteiger partial charge < -0.3 is 4.90 Å². The fourth-order valence-electron chi connectivity index (χ4n) is 4.84. The summed E-state index contributed by atoms with van der Waals surface area (Å²) in [5.74, 6) is -0.227. The standard InChI is InChI=1S/C29H30N2O4S/c1-21-9-13-24(14-10-21)31(25-15-16-25)29(33)23-11-17-26(18-12-23)36(34,35)30-19-5-8-27(30)28(32)20-22-6-3-2-4-7-22/h2-4,6-7,9-14,17-18,25,27H,5,8,15-16,19-20H2,1H3/t27-/m0/s1. The van der Waals surface area contributed by atoms with E-state index in [1.54, 1.807) is 12.1 Å². The highest BCUT2D eigenvalue weighted by atomic mass is 32.2. The molecule has 0 N–H and O–H groups in total. The molecule has 3 aromatic carbocycles. The molecule has 0 unspecified atom stereocenters. The van der Waals surface area contributed by atoms with Gasteiger partial charge >= 0.3 is 0 Å². The average Bonchev–Trinajstić information content (AvgIpc) is 3.58. The number of carbonyl (C=O) groups is 2. The summed E-state index contributed by atoms with van der Waals surface area (Å²) < 4.78 is 28.3. The summed E-state index contributed by atoms with van der Waals surface area (Å²) in [7, 11) is -3.86. The minimum Gasteiger partial charge on any atom is -0.305 e. The Hall–Kier alpha value is -3.29. The molecule has 0 radical (unpaired) electrons. The van der Waals surface area contributed by atoms with Crippen LogP contribution >= 0.6 is 0 Å². The first-order valence-corrected chi connectivity index (χ1v) is 13.9. The molecule has 1 saturated heterocycles. The molecule has 36 heavy (non-hydrogen) atoms. The topological polar surface area (TPSA) is 74.8 Å². The normalized spacial score (nSPS) is 18.2. The number of ketones is 1. The molecule has 6 nitrogen and oxygen atoms in total. The number of rotatable bonds is 8. The Morgan fingerprint density at radius 2 is 1.56 bits per heavy atom. The van der Waals surface area contributed by atoms with E-state index < -0.39 is 16.1 Å². The predicted molar refractivity (Wildman–Crippen MR) is 140 cm³/mol. The van der Waals surface area contributed by atoms with Crippen LogP contribution in [0.25, 0.3) is 0 Å². The van der Waals surface area contributed by atoms with Gasteiger partial charge in [0.05, 0.1) is 10.9 Å². The van der Waals surface area contributed by atoms with Crippen molar-refractivity contribution in [3.05, 3.63) is 95.6 Å². The van der Waals surface area contributed by atoms with Crippen LogP contribution in [0.2, 0.25) is 0 Å². The number of carbonyl (C=O) groups excluding carboxylic acids is 2. The molecule has 0 spiro atoms. The van der Waals surface area contributed by atoms with Crippen LogP contribution in [-0.4, -0.2) is 43.0 Å². The number of hydrogen-bond acceptors (Lipinski definition) is 4. The van der Waals surface area contributed by atoms with Crippen molar-refractivity contribution in [2.45, 2.75) is 56.0 Å². The van der Waals surface area contributed by atoms with Gasteiger partial charge in [0.25, 0.3) is 5.91 Å². The summed E-state index contributed by atoms with van der Waals surface area (Å²) in [6.07, 6.45) is 3.29. The molecular weight excluding hydrogens is 472 g/mol. The molecule has 5 rings (SSSR count). The van der Waals surface area contributed by atoms with E-state index in [0.29, 0.717) is 24.9 Å².